The molecule has 152 valence electrons. The molecule has 6 nitrogen and oxygen atoms in total. The van der Waals surface area contributed by atoms with E-state index in [0.717, 1.165) is 40.6 Å². The molecule has 0 aliphatic heterocycles. The summed E-state index contributed by atoms with van der Waals surface area (Å²) in [6.07, 6.45) is 3.85. The molecule has 0 radical (unpaired) electrons. The van der Waals surface area contributed by atoms with Crippen LogP contribution in [0.2, 0.25) is 0 Å². The summed E-state index contributed by atoms with van der Waals surface area (Å²) >= 11 is 1.64. The van der Waals surface area contributed by atoms with E-state index in [-0.39, 0.29) is 11.3 Å². The van der Waals surface area contributed by atoms with Crippen molar-refractivity contribution in [3.8, 4) is 11.5 Å². The fourth-order valence-electron chi connectivity index (χ4n) is 3.93. The van der Waals surface area contributed by atoms with Crippen molar-refractivity contribution in [1.29, 1.82) is 0 Å². The summed E-state index contributed by atoms with van der Waals surface area (Å²) in [6, 6.07) is 5.70. The van der Waals surface area contributed by atoms with Crippen LogP contribution in [0.4, 0.5) is 0 Å². The van der Waals surface area contributed by atoms with Crippen LogP contribution in [0.25, 0.3) is 10.2 Å². The van der Waals surface area contributed by atoms with Crippen molar-refractivity contribution in [3.05, 3.63) is 50.4 Å². The topological polar surface area (TPSA) is 70.4 Å². The smallest absolute Gasteiger partial charge is 0.262 e. The van der Waals surface area contributed by atoms with Crippen molar-refractivity contribution in [2.75, 3.05) is 14.2 Å². The first-order chi connectivity index (χ1) is 14.0. The molecular weight excluding hydrogens is 388 g/mol. The van der Waals surface area contributed by atoms with Gasteiger partial charge in [-0.2, -0.15) is 0 Å². The Balaban J connectivity index is 1.81. The molecule has 0 saturated heterocycles. The molecule has 2 aromatic heterocycles. The number of aryl methyl sites for hydroxylation is 2. The van der Waals surface area contributed by atoms with Gasteiger partial charge in [0.05, 0.1) is 19.6 Å². The van der Waals surface area contributed by atoms with Crippen molar-refractivity contribution in [1.82, 2.24) is 9.55 Å². The number of nitrogens with zero attached hydrogens (tertiary/aromatic N) is 2. The Labute approximate surface area is 173 Å². The second-order valence-electron chi connectivity index (χ2n) is 7.34. The molecule has 0 unspecified atom stereocenters. The number of ketones is 1. The number of carbonyl (C=O) groups excluding carboxylic acids is 1. The van der Waals surface area contributed by atoms with Crippen LogP contribution >= 0.6 is 11.3 Å². The second-order valence-corrected chi connectivity index (χ2v) is 8.42. The maximum Gasteiger partial charge on any atom is 0.262 e. The van der Waals surface area contributed by atoms with Crippen LogP contribution in [0.3, 0.4) is 0 Å². The maximum absolute atomic E-state index is 13.4. The Morgan fingerprint density at radius 2 is 2.00 bits per heavy atom. The van der Waals surface area contributed by atoms with Crippen molar-refractivity contribution >= 4 is 27.3 Å². The molecule has 0 amide bonds. The third-order valence-electron chi connectivity index (χ3n) is 5.40. The number of thiophene rings is 1. The molecule has 0 spiro atoms. The summed E-state index contributed by atoms with van der Waals surface area (Å²) in [7, 11) is 3.20. The van der Waals surface area contributed by atoms with Gasteiger partial charge < -0.3 is 9.47 Å². The van der Waals surface area contributed by atoms with E-state index in [2.05, 4.69) is 0 Å². The average molecular weight is 413 g/mol. The molecule has 0 atom stereocenters. The summed E-state index contributed by atoms with van der Waals surface area (Å²) in [5.41, 5.74) is 2.11. The predicted molar refractivity (Wildman–Crippen MR) is 114 cm³/mol. The highest BCUT2D eigenvalue weighted by molar-refractivity contribution is 7.18. The van der Waals surface area contributed by atoms with E-state index in [9.17, 15) is 9.59 Å². The van der Waals surface area contributed by atoms with E-state index in [1.165, 1.54) is 4.88 Å². The van der Waals surface area contributed by atoms with Crippen molar-refractivity contribution in [3.63, 3.8) is 0 Å². The van der Waals surface area contributed by atoms with E-state index >= 15 is 0 Å². The SMILES string of the molecule is COc1ccc(Cc2nc3sc4c(c3c(=O)n2CCC(C)=O)CCC4)cc1OC. The molecule has 0 saturated carbocycles. The molecule has 0 fully saturated rings. The number of rotatable bonds is 7. The first-order valence-corrected chi connectivity index (χ1v) is 10.6. The third kappa shape index (κ3) is 3.67. The third-order valence-corrected chi connectivity index (χ3v) is 6.59. The van der Waals surface area contributed by atoms with Gasteiger partial charge in [0.2, 0.25) is 0 Å². The summed E-state index contributed by atoms with van der Waals surface area (Å²) < 4.78 is 12.4. The molecule has 0 N–H and O–H groups in total. The normalized spacial score (nSPS) is 12.9. The van der Waals surface area contributed by atoms with Gasteiger partial charge in [-0.3, -0.25) is 14.2 Å². The first kappa shape index (κ1) is 19.6. The monoisotopic (exact) mass is 412 g/mol. The summed E-state index contributed by atoms with van der Waals surface area (Å²) in [5.74, 6) is 2.03. The fourth-order valence-corrected chi connectivity index (χ4v) is 5.20. The van der Waals surface area contributed by atoms with Gasteiger partial charge in [0.1, 0.15) is 16.4 Å². The molecule has 4 rings (SSSR count). The molecule has 3 aromatic rings. The zero-order chi connectivity index (χ0) is 20.5. The highest BCUT2D eigenvalue weighted by atomic mass is 32.1. The van der Waals surface area contributed by atoms with Gasteiger partial charge in [0, 0.05) is 24.3 Å². The Bertz CT molecular complexity index is 1150. The highest BCUT2D eigenvalue weighted by Crippen LogP contribution is 2.35. The van der Waals surface area contributed by atoms with Crippen LogP contribution < -0.4 is 15.0 Å². The van der Waals surface area contributed by atoms with Crippen molar-refractivity contribution < 1.29 is 14.3 Å². The number of ether oxygens (including phenoxy) is 2. The maximum atomic E-state index is 13.4. The zero-order valence-corrected chi connectivity index (χ0v) is 17.7. The largest absolute Gasteiger partial charge is 0.493 e. The Kier molecular flexibility index (Phi) is 5.41. The molecule has 1 aromatic carbocycles. The molecule has 1 aliphatic carbocycles. The van der Waals surface area contributed by atoms with Gasteiger partial charge in [0.15, 0.2) is 11.5 Å². The minimum Gasteiger partial charge on any atom is -0.493 e. The van der Waals surface area contributed by atoms with Crippen molar-refractivity contribution in [2.45, 2.75) is 45.6 Å². The molecule has 29 heavy (non-hydrogen) atoms. The van der Waals surface area contributed by atoms with Gasteiger partial charge in [-0.25, -0.2) is 4.98 Å². The van der Waals surface area contributed by atoms with Crippen LogP contribution in [-0.2, 0) is 30.6 Å². The predicted octanol–water partition coefficient (Wildman–Crippen LogP) is 3.53. The van der Waals surface area contributed by atoms with Crippen LogP contribution in [0, 0.1) is 0 Å². The number of benzene rings is 1. The van der Waals surface area contributed by atoms with Gasteiger partial charge in [-0.1, -0.05) is 6.07 Å². The zero-order valence-electron chi connectivity index (χ0n) is 16.9. The van der Waals surface area contributed by atoms with Crippen molar-refractivity contribution in [2.24, 2.45) is 0 Å². The number of hydrogen-bond donors (Lipinski definition) is 0. The first-order valence-electron chi connectivity index (χ1n) is 9.76. The number of hydrogen-bond acceptors (Lipinski definition) is 6. The van der Waals surface area contributed by atoms with Gasteiger partial charge in [-0.05, 0) is 49.4 Å². The Morgan fingerprint density at radius 3 is 2.72 bits per heavy atom. The number of methoxy groups -OCH3 is 2. The lowest BCUT2D eigenvalue weighted by Gasteiger charge is -2.14. The molecule has 2 heterocycles. The fraction of sp³-hybridized carbons (Fsp3) is 0.409. The molecule has 1 aliphatic rings. The number of aromatic nitrogens is 2. The van der Waals surface area contributed by atoms with E-state index in [1.807, 2.05) is 18.2 Å². The van der Waals surface area contributed by atoms with Crippen LogP contribution in [0.15, 0.2) is 23.0 Å². The average Bonchev–Trinajstić information content (AvgIpc) is 3.28. The summed E-state index contributed by atoms with van der Waals surface area (Å²) in [5, 5.41) is 0.752. The standard InChI is InChI=1S/C22H24N2O4S/c1-13(25)9-10-24-19(12-14-7-8-16(27-2)17(11-14)28-3)23-21-20(22(24)26)15-5-4-6-18(15)29-21/h7-8,11H,4-6,9-10,12H2,1-3H3. The van der Waals surface area contributed by atoms with E-state index in [0.29, 0.717) is 36.7 Å². The Hall–Kier alpha value is -2.67. The van der Waals surface area contributed by atoms with Crippen LogP contribution in [-0.4, -0.2) is 29.6 Å². The summed E-state index contributed by atoms with van der Waals surface area (Å²) in [4.78, 5) is 31.9. The van der Waals surface area contributed by atoms with Gasteiger partial charge in [-0.15, -0.1) is 11.3 Å². The lowest BCUT2D eigenvalue weighted by Crippen LogP contribution is -2.26. The molecular formula is C22H24N2O4S. The quantitative estimate of drug-likeness (QED) is 0.594. The minimum atomic E-state index is -0.0221. The number of carbonyl (C=O) groups is 1. The lowest BCUT2D eigenvalue weighted by molar-refractivity contribution is -0.117. The molecule has 7 heteroatoms. The van der Waals surface area contributed by atoms with E-state index in [4.69, 9.17) is 14.5 Å². The van der Waals surface area contributed by atoms with Crippen LogP contribution in [0.1, 0.15) is 41.6 Å². The van der Waals surface area contributed by atoms with E-state index in [1.54, 1.807) is 37.0 Å². The minimum absolute atomic E-state index is 0.0221. The van der Waals surface area contributed by atoms with E-state index < -0.39 is 0 Å². The number of Topliss-reactive ketones (excluding diaryl/α,β-unsaturated/α-hetero) is 1. The van der Waals surface area contributed by atoms with Gasteiger partial charge in [0.25, 0.3) is 5.56 Å². The van der Waals surface area contributed by atoms with Crippen LogP contribution in [0.5, 0.6) is 11.5 Å². The lowest BCUT2D eigenvalue weighted by atomic mass is 10.1. The summed E-state index contributed by atoms with van der Waals surface area (Å²) in [6.45, 7) is 1.90. The van der Waals surface area contributed by atoms with Gasteiger partial charge >= 0.3 is 0 Å². The molecule has 0 bridgehead atoms. The number of fused-ring (bicyclic) bond motifs is 3. The highest BCUT2D eigenvalue weighted by Gasteiger charge is 2.23. The second kappa shape index (κ2) is 7.99. The Morgan fingerprint density at radius 1 is 1.21 bits per heavy atom.